The van der Waals surface area contributed by atoms with Crippen molar-refractivity contribution in [3.05, 3.63) is 68.7 Å². The molecular weight excluding hydrogens is 369 g/mol. The summed E-state index contributed by atoms with van der Waals surface area (Å²) in [7, 11) is 0. The molecule has 0 radical (unpaired) electrons. The maximum absolute atomic E-state index is 12.5. The highest BCUT2D eigenvalue weighted by atomic mass is 79.9. The highest BCUT2D eigenvalue weighted by Gasteiger charge is 2.30. The van der Waals surface area contributed by atoms with E-state index < -0.39 is 17.8 Å². The summed E-state index contributed by atoms with van der Waals surface area (Å²) < 4.78 is 38.2. The summed E-state index contributed by atoms with van der Waals surface area (Å²) in [5.41, 5.74) is 0.441. The van der Waals surface area contributed by atoms with Crippen molar-refractivity contribution in [1.82, 2.24) is 0 Å². The van der Waals surface area contributed by atoms with Crippen molar-refractivity contribution >= 4 is 27.5 Å². The van der Waals surface area contributed by atoms with Crippen molar-refractivity contribution in [2.75, 3.05) is 0 Å². The van der Waals surface area contributed by atoms with Gasteiger partial charge in [-0.3, -0.25) is 0 Å². The number of hydrogen-bond acceptors (Lipinski definition) is 1. The van der Waals surface area contributed by atoms with E-state index in [1.54, 1.807) is 18.2 Å². The molecule has 1 N–H and O–H groups in total. The van der Waals surface area contributed by atoms with Crippen molar-refractivity contribution < 1.29 is 18.3 Å². The van der Waals surface area contributed by atoms with Gasteiger partial charge in [0.05, 0.1) is 11.7 Å². The number of rotatable bonds is 3. The summed E-state index contributed by atoms with van der Waals surface area (Å²) in [5, 5.41) is 10.6. The number of aliphatic hydroxyl groups excluding tert-OH is 1. The fourth-order valence-electron chi connectivity index (χ4n) is 1.93. The van der Waals surface area contributed by atoms with Crippen LogP contribution < -0.4 is 0 Å². The molecule has 0 spiro atoms. The summed E-state index contributed by atoms with van der Waals surface area (Å²) in [5.74, 6) is 0. The molecule has 2 aromatic carbocycles. The summed E-state index contributed by atoms with van der Waals surface area (Å²) >= 11 is 9.30. The average molecular weight is 380 g/mol. The van der Waals surface area contributed by atoms with Crippen LogP contribution in [-0.2, 0) is 12.6 Å². The van der Waals surface area contributed by atoms with Crippen LogP contribution in [0, 0.1) is 0 Å². The Bertz CT molecular complexity index is 626. The Morgan fingerprint density at radius 2 is 1.71 bits per heavy atom. The van der Waals surface area contributed by atoms with Gasteiger partial charge >= 0.3 is 6.18 Å². The average Bonchev–Trinajstić information content (AvgIpc) is 2.38. The van der Waals surface area contributed by atoms with Crippen LogP contribution in [0.2, 0.25) is 5.02 Å². The highest BCUT2D eigenvalue weighted by Crippen LogP contribution is 2.31. The summed E-state index contributed by atoms with van der Waals surface area (Å²) in [6, 6.07) is 9.82. The SMILES string of the molecule is OC(Cc1ccc(C(F)(F)F)cc1)c1ccc(Br)cc1Cl. The Kier molecular flexibility index (Phi) is 4.96. The van der Waals surface area contributed by atoms with Gasteiger partial charge in [0.25, 0.3) is 0 Å². The van der Waals surface area contributed by atoms with E-state index in [-0.39, 0.29) is 6.42 Å². The molecule has 0 saturated carbocycles. The molecule has 0 amide bonds. The first kappa shape index (κ1) is 16.3. The smallest absolute Gasteiger partial charge is 0.388 e. The van der Waals surface area contributed by atoms with E-state index in [2.05, 4.69) is 15.9 Å². The van der Waals surface area contributed by atoms with Crippen molar-refractivity contribution in [2.24, 2.45) is 0 Å². The molecule has 1 atom stereocenters. The van der Waals surface area contributed by atoms with Gasteiger partial charge in [-0.25, -0.2) is 0 Å². The predicted molar refractivity (Wildman–Crippen MR) is 79.3 cm³/mol. The molecule has 2 rings (SSSR count). The second kappa shape index (κ2) is 6.38. The zero-order chi connectivity index (χ0) is 15.6. The van der Waals surface area contributed by atoms with Gasteiger partial charge in [-0.15, -0.1) is 0 Å². The van der Waals surface area contributed by atoms with Gasteiger partial charge < -0.3 is 5.11 Å². The van der Waals surface area contributed by atoms with E-state index in [9.17, 15) is 18.3 Å². The van der Waals surface area contributed by atoms with Crippen LogP contribution in [0.15, 0.2) is 46.9 Å². The summed E-state index contributed by atoms with van der Waals surface area (Å²) in [6.45, 7) is 0. The fraction of sp³-hybridized carbons (Fsp3) is 0.200. The van der Waals surface area contributed by atoms with Gasteiger partial charge in [-0.1, -0.05) is 45.7 Å². The second-order valence-electron chi connectivity index (χ2n) is 4.58. The minimum atomic E-state index is -4.35. The molecule has 1 nitrogen and oxygen atoms in total. The number of hydrogen-bond donors (Lipinski definition) is 1. The molecule has 0 heterocycles. The van der Waals surface area contributed by atoms with Gasteiger partial charge in [0.15, 0.2) is 0 Å². The van der Waals surface area contributed by atoms with Crippen LogP contribution in [-0.4, -0.2) is 5.11 Å². The first-order chi connectivity index (χ1) is 9.77. The zero-order valence-electron chi connectivity index (χ0n) is 10.7. The third-order valence-corrected chi connectivity index (χ3v) is 3.85. The molecule has 2 aromatic rings. The summed E-state index contributed by atoms with van der Waals surface area (Å²) in [6.07, 6.45) is -5.03. The molecule has 1 unspecified atom stereocenters. The molecule has 0 bridgehead atoms. The molecule has 0 aliphatic carbocycles. The Hall–Kier alpha value is -1.04. The van der Waals surface area contributed by atoms with Crippen LogP contribution >= 0.6 is 27.5 Å². The fourth-order valence-corrected chi connectivity index (χ4v) is 2.73. The quantitative estimate of drug-likeness (QED) is 0.757. The van der Waals surface area contributed by atoms with Crippen LogP contribution in [0.1, 0.15) is 22.8 Å². The minimum absolute atomic E-state index is 0.194. The van der Waals surface area contributed by atoms with E-state index >= 15 is 0 Å². The number of aliphatic hydroxyl groups is 1. The van der Waals surface area contributed by atoms with Gasteiger partial charge in [-0.05, 0) is 35.4 Å². The van der Waals surface area contributed by atoms with Gasteiger partial charge in [-0.2, -0.15) is 13.2 Å². The third kappa shape index (κ3) is 4.22. The Balaban J connectivity index is 2.14. The van der Waals surface area contributed by atoms with E-state index in [1.165, 1.54) is 12.1 Å². The Morgan fingerprint density at radius 3 is 2.24 bits per heavy atom. The topological polar surface area (TPSA) is 20.2 Å². The molecule has 0 aromatic heterocycles. The van der Waals surface area contributed by atoms with Gasteiger partial charge in [0.1, 0.15) is 0 Å². The molecule has 21 heavy (non-hydrogen) atoms. The van der Waals surface area contributed by atoms with Crippen LogP contribution in [0.5, 0.6) is 0 Å². The van der Waals surface area contributed by atoms with E-state index in [0.717, 1.165) is 16.6 Å². The van der Waals surface area contributed by atoms with Crippen molar-refractivity contribution in [3.63, 3.8) is 0 Å². The first-order valence-corrected chi connectivity index (χ1v) is 7.23. The molecule has 6 heteroatoms. The third-order valence-electron chi connectivity index (χ3n) is 3.03. The lowest BCUT2D eigenvalue weighted by molar-refractivity contribution is -0.137. The number of benzene rings is 2. The number of alkyl halides is 3. The second-order valence-corrected chi connectivity index (χ2v) is 5.90. The standard InChI is InChI=1S/C15H11BrClF3O/c16-11-5-6-12(13(17)8-11)14(21)7-9-1-3-10(4-2-9)15(18,19)20/h1-6,8,14,21H,7H2. The molecule has 0 fully saturated rings. The highest BCUT2D eigenvalue weighted by molar-refractivity contribution is 9.10. The molecule has 0 saturated heterocycles. The van der Waals surface area contributed by atoms with E-state index in [0.29, 0.717) is 16.1 Å². The zero-order valence-corrected chi connectivity index (χ0v) is 13.0. The predicted octanol–water partition coefficient (Wildman–Crippen LogP) is 5.40. The number of halogens is 5. The van der Waals surface area contributed by atoms with Gasteiger partial charge in [0, 0.05) is 15.9 Å². The lowest BCUT2D eigenvalue weighted by atomic mass is 10.0. The first-order valence-electron chi connectivity index (χ1n) is 6.06. The lowest BCUT2D eigenvalue weighted by Crippen LogP contribution is -2.06. The molecule has 112 valence electrons. The molecule has 0 aliphatic heterocycles. The maximum atomic E-state index is 12.5. The Labute approximate surface area is 133 Å². The molecular formula is C15H11BrClF3O. The largest absolute Gasteiger partial charge is 0.416 e. The van der Waals surface area contributed by atoms with Crippen molar-refractivity contribution in [2.45, 2.75) is 18.7 Å². The van der Waals surface area contributed by atoms with E-state index in [4.69, 9.17) is 11.6 Å². The van der Waals surface area contributed by atoms with Crippen LogP contribution in [0.4, 0.5) is 13.2 Å². The van der Waals surface area contributed by atoms with Crippen molar-refractivity contribution in [1.29, 1.82) is 0 Å². The van der Waals surface area contributed by atoms with Gasteiger partial charge in [0.2, 0.25) is 0 Å². The Morgan fingerprint density at radius 1 is 1.10 bits per heavy atom. The lowest BCUT2D eigenvalue weighted by Gasteiger charge is -2.14. The monoisotopic (exact) mass is 378 g/mol. The summed E-state index contributed by atoms with van der Waals surface area (Å²) in [4.78, 5) is 0. The molecule has 0 aliphatic rings. The van der Waals surface area contributed by atoms with E-state index in [1.807, 2.05) is 0 Å². The maximum Gasteiger partial charge on any atom is 0.416 e. The minimum Gasteiger partial charge on any atom is -0.388 e. The van der Waals surface area contributed by atoms with Crippen molar-refractivity contribution in [3.8, 4) is 0 Å². The van der Waals surface area contributed by atoms with Crippen LogP contribution in [0.25, 0.3) is 0 Å². The van der Waals surface area contributed by atoms with Crippen LogP contribution in [0.3, 0.4) is 0 Å². The normalized spacial score (nSPS) is 13.2.